The molecule has 1 atom stereocenters. The van der Waals surface area contributed by atoms with E-state index < -0.39 is 15.8 Å². The van der Waals surface area contributed by atoms with Crippen LogP contribution < -0.4 is 5.76 Å². The molecule has 1 aliphatic heterocycles. The van der Waals surface area contributed by atoms with Gasteiger partial charge in [0.15, 0.2) is 5.58 Å². The number of aromatic amines is 1. The number of nitrogens with zero attached hydrogens (tertiary/aromatic N) is 2. The molecule has 1 fully saturated rings. The van der Waals surface area contributed by atoms with Gasteiger partial charge in [0, 0.05) is 35.8 Å². The van der Waals surface area contributed by atoms with Crippen LogP contribution in [0.25, 0.3) is 22.0 Å². The molecular weight excluding hydrogens is 462 g/mol. The van der Waals surface area contributed by atoms with Crippen molar-refractivity contribution >= 4 is 32.0 Å². The normalized spacial score (nSPS) is 21.5. The highest BCUT2D eigenvalue weighted by atomic mass is 32.2. The van der Waals surface area contributed by atoms with Crippen molar-refractivity contribution in [1.82, 2.24) is 13.9 Å². The van der Waals surface area contributed by atoms with Gasteiger partial charge in [0.25, 0.3) is 0 Å². The molecule has 2 aromatic heterocycles. The zero-order valence-corrected chi connectivity index (χ0v) is 20.4. The largest absolute Gasteiger partial charge is 0.417 e. The van der Waals surface area contributed by atoms with Gasteiger partial charge in [-0.2, -0.15) is 4.31 Å². The highest BCUT2D eigenvalue weighted by molar-refractivity contribution is 7.89. The first-order valence-electron chi connectivity index (χ1n) is 12.8. The minimum Gasteiger partial charge on any atom is -0.408 e. The Morgan fingerprint density at radius 1 is 0.943 bits per heavy atom. The third-order valence-corrected chi connectivity index (χ3v) is 10.3. The Kier molecular flexibility index (Phi) is 4.80. The van der Waals surface area contributed by atoms with Crippen molar-refractivity contribution in [3.05, 3.63) is 63.8 Å². The van der Waals surface area contributed by atoms with Gasteiger partial charge >= 0.3 is 5.76 Å². The molecule has 1 N–H and O–H groups in total. The zero-order chi connectivity index (χ0) is 23.7. The van der Waals surface area contributed by atoms with Crippen molar-refractivity contribution in [2.75, 3.05) is 6.54 Å². The minimum atomic E-state index is -3.75. The Morgan fingerprint density at radius 2 is 1.80 bits per heavy atom. The average molecular weight is 492 g/mol. The van der Waals surface area contributed by atoms with E-state index in [1.54, 1.807) is 16.4 Å². The summed E-state index contributed by atoms with van der Waals surface area (Å²) in [7, 11) is -3.75. The minimum absolute atomic E-state index is 0.169. The lowest BCUT2D eigenvalue weighted by molar-refractivity contribution is 0.243. The number of hydrogen-bond acceptors (Lipinski definition) is 4. The smallest absolute Gasteiger partial charge is 0.408 e. The number of benzene rings is 2. The Balaban J connectivity index is 1.31. The summed E-state index contributed by atoms with van der Waals surface area (Å²) in [5.41, 5.74) is 5.97. The molecular formula is C27H29N3O4S. The second kappa shape index (κ2) is 7.83. The van der Waals surface area contributed by atoms with Crippen molar-refractivity contribution in [3.8, 4) is 0 Å². The van der Waals surface area contributed by atoms with Crippen LogP contribution in [0.5, 0.6) is 0 Å². The second-order valence-corrected chi connectivity index (χ2v) is 12.2. The molecule has 7 rings (SSSR count). The lowest BCUT2D eigenvalue weighted by Crippen LogP contribution is -2.43. The molecule has 7 nitrogen and oxygen atoms in total. The van der Waals surface area contributed by atoms with Crippen molar-refractivity contribution in [2.24, 2.45) is 0 Å². The standard InChI is InChI=1S/C27H29N3O4S/c31-27-28-22-11-10-19(16-25(22)34-27)35(32,33)30-14-13-29-23-12-9-18(17-5-2-1-3-6-17)15-21(23)20-7-4-8-24(30)26(20)29/h9-12,15-17,24H,1-8,13-14H2,(H,28,31)/t24-/m0/s1. The fourth-order valence-electron chi connectivity index (χ4n) is 6.79. The van der Waals surface area contributed by atoms with Gasteiger partial charge in [-0.25, -0.2) is 13.2 Å². The fraction of sp³-hybridized carbons (Fsp3) is 0.444. The summed E-state index contributed by atoms with van der Waals surface area (Å²) < 4.78 is 36.8. The average Bonchev–Trinajstić information content (AvgIpc) is 3.42. The molecule has 0 saturated heterocycles. The van der Waals surface area contributed by atoms with Crippen LogP contribution in [0.15, 0.2) is 50.5 Å². The van der Waals surface area contributed by atoms with E-state index in [9.17, 15) is 13.2 Å². The van der Waals surface area contributed by atoms with E-state index in [-0.39, 0.29) is 16.5 Å². The lowest BCUT2D eigenvalue weighted by Gasteiger charge is -2.39. The number of hydrogen-bond donors (Lipinski definition) is 1. The summed E-state index contributed by atoms with van der Waals surface area (Å²) in [5.74, 6) is 0.0681. The Morgan fingerprint density at radius 3 is 2.66 bits per heavy atom. The summed E-state index contributed by atoms with van der Waals surface area (Å²) in [4.78, 5) is 14.3. The lowest BCUT2D eigenvalue weighted by atomic mass is 9.83. The van der Waals surface area contributed by atoms with Crippen molar-refractivity contribution in [2.45, 2.75) is 74.8 Å². The van der Waals surface area contributed by atoms with E-state index in [0.717, 1.165) is 19.3 Å². The van der Waals surface area contributed by atoms with E-state index in [2.05, 4.69) is 27.8 Å². The van der Waals surface area contributed by atoms with Gasteiger partial charge in [-0.05, 0) is 73.4 Å². The third-order valence-electron chi connectivity index (χ3n) is 8.42. The van der Waals surface area contributed by atoms with Gasteiger partial charge in [-0.15, -0.1) is 0 Å². The molecule has 0 unspecified atom stereocenters. The molecule has 3 aliphatic rings. The van der Waals surface area contributed by atoms with Crippen LogP contribution in [-0.4, -0.2) is 28.8 Å². The van der Waals surface area contributed by atoms with Crippen LogP contribution >= 0.6 is 0 Å². The first kappa shape index (κ1) is 21.4. The molecule has 0 bridgehead atoms. The number of aromatic nitrogens is 2. The Hall–Kier alpha value is -2.84. The van der Waals surface area contributed by atoms with E-state index in [1.807, 2.05) is 0 Å². The van der Waals surface area contributed by atoms with Crippen molar-refractivity contribution in [3.63, 3.8) is 0 Å². The molecule has 3 heterocycles. The Labute approximate surface area is 203 Å². The van der Waals surface area contributed by atoms with Gasteiger partial charge in [-0.3, -0.25) is 4.98 Å². The molecule has 0 spiro atoms. The van der Waals surface area contributed by atoms with E-state index in [4.69, 9.17) is 4.42 Å². The van der Waals surface area contributed by atoms with Crippen LogP contribution in [0.1, 0.15) is 73.7 Å². The van der Waals surface area contributed by atoms with Gasteiger partial charge in [-0.1, -0.05) is 25.3 Å². The number of H-pyrrole nitrogens is 1. The monoisotopic (exact) mass is 491 g/mol. The maximum Gasteiger partial charge on any atom is 0.417 e. The predicted molar refractivity (Wildman–Crippen MR) is 134 cm³/mol. The predicted octanol–water partition coefficient (Wildman–Crippen LogP) is 5.21. The van der Waals surface area contributed by atoms with Gasteiger partial charge < -0.3 is 8.98 Å². The molecule has 2 aromatic carbocycles. The number of sulfonamides is 1. The number of nitrogens with one attached hydrogen (secondary N) is 1. The van der Waals surface area contributed by atoms with Gasteiger partial charge in [0.05, 0.1) is 16.5 Å². The number of fused-ring (bicyclic) bond motifs is 4. The maximum atomic E-state index is 13.8. The number of rotatable bonds is 3. The highest BCUT2D eigenvalue weighted by Gasteiger charge is 2.41. The SMILES string of the molecule is O=c1[nH]c2ccc(S(=O)(=O)N3CCn4c5c(c6cc(C7CCCCC7)ccc64)CCC[C@@H]53)cc2o1. The fourth-order valence-corrected chi connectivity index (χ4v) is 8.42. The van der Waals surface area contributed by atoms with Crippen molar-refractivity contribution in [1.29, 1.82) is 0 Å². The number of oxazole rings is 1. The van der Waals surface area contributed by atoms with Gasteiger partial charge in [0.2, 0.25) is 10.0 Å². The molecule has 182 valence electrons. The first-order chi connectivity index (χ1) is 17.0. The second-order valence-electron chi connectivity index (χ2n) is 10.3. The van der Waals surface area contributed by atoms with Crippen LogP contribution in [0.2, 0.25) is 0 Å². The van der Waals surface area contributed by atoms with Crippen LogP contribution in [0.4, 0.5) is 0 Å². The molecule has 8 heteroatoms. The van der Waals surface area contributed by atoms with Crippen LogP contribution in [-0.2, 0) is 23.0 Å². The van der Waals surface area contributed by atoms with Crippen LogP contribution in [0, 0.1) is 0 Å². The summed E-state index contributed by atoms with van der Waals surface area (Å²) in [6.07, 6.45) is 9.31. The third kappa shape index (κ3) is 3.26. The molecule has 1 saturated carbocycles. The van der Waals surface area contributed by atoms with E-state index >= 15 is 0 Å². The van der Waals surface area contributed by atoms with Gasteiger partial charge in [0.1, 0.15) is 0 Å². The molecule has 0 amide bonds. The molecule has 2 aliphatic carbocycles. The van der Waals surface area contributed by atoms with Crippen molar-refractivity contribution < 1.29 is 12.8 Å². The Bertz CT molecular complexity index is 1620. The van der Waals surface area contributed by atoms with Crippen LogP contribution in [0.3, 0.4) is 0 Å². The molecule has 0 radical (unpaired) electrons. The summed E-state index contributed by atoms with van der Waals surface area (Å²) in [6.45, 7) is 1.08. The quantitative estimate of drug-likeness (QED) is 0.426. The topological polar surface area (TPSA) is 88.3 Å². The summed E-state index contributed by atoms with van der Waals surface area (Å²) in [5, 5.41) is 1.32. The summed E-state index contributed by atoms with van der Waals surface area (Å²) >= 11 is 0. The highest BCUT2D eigenvalue weighted by Crippen LogP contribution is 2.45. The first-order valence-corrected chi connectivity index (χ1v) is 14.2. The zero-order valence-electron chi connectivity index (χ0n) is 19.6. The molecule has 35 heavy (non-hydrogen) atoms. The summed E-state index contributed by atoms with van der Waals surface area (Å²) in [6, 6.07) is 11.5. The van der Waals surface area contributed by atoms with E-state index in [0.29, 0.717) is 24.5 Å². The molecule has 4 aromatic rings. The number of aryl methyl sites for hydroxylation is 1. The maximum absolute atomic E-state index is 13.8. The van der Waals surface area contributed by atoms with E-state index in [1.165, 1.54) is 65.9 Å².